The molecule has 2 aromatic carbocycles. The molecule has 0 spiro atoms. The predicted octanol–water partition coefficient (Wildman–Crippen LogP) is 5.01. The summed E-state index contributed by atoms with van der Waals surface area (Å²) in [5, 5.41) is 0. The molecule has 6 nitrogen and oxygen atoms in total. The van der Waals surface area contributed by atoms with Gasteiger partial charge in [0.1, 0.15) is 5.82 Å². The lowest BCUT2D eigenvalue weighted by molar-refractivity contribution is -0.149. The van der Waals surface area contributed by atoms with Crippen LogP contribution in [-0.2, 0) is 38.0 Å². The van der Waals surface area contributed by atoms with Gasteiger partial charge in [0, 0.05) is 43.9 Å². The minimum absolute atomic E-state index is 0.0229. The molecule has 4 atom stereocenters. The number of nitrogens with zero attached hydrogens (tertiary/aromatic N) is 2. The second-order valence-corrected chi connectivity index (χ2v) is 10.5. The summed E-state index contributed by atoms with van der Waals surface area (Å²) in [5.41, 5.74) is -2.66. The highest BCUT2D eigenvalue weighted by Gasteiger charge is 2.50. The van der Waals surface area contributed by atoms with Crippen molar-refractivity contribution in [2.75, 3.05) is 32.8 Å². The van der Waals surface area contributed by atoms with E-state index < -0.39 is 59.9 Å². The molecule has 2 amide bonds. The first-order valence-corrected chi connectivity index (χ1v) is 13.1. The summed E-state index contributed by atoms with van der Waals surface area (Å²) in [6.07, 6.45) is -10.6. The van der Waals surface area contributed by atoms with E-state index in [2.05, 4.69) is 0 Å². The standard InChI is InChI=1S/C28H27F7N2O4/c29-21-3-1-17(2-4-21)25-22-11-18(26(39)36-5-7-40-8-6-36)12-24(38)37(22)14-23(25)41-15-16-9-19(27(30,31)32)13-20(10-16)28(33,34)35/h1-4,9-10,13,18,22-23,25H,5-8,11-12,14-15H2. The van der Waals surface area contributed by atoms with Crippen LogP contribution in [0.4, 0.5) is 30.7 Å². The quantitative estimate of drug-likeness (QED) is 0.461. The SMILES string of the molecule is O=C(C1CC(=O)N2CC(OCc3cc(C(F)(F)F)cc(C(F)(F)F)c3)C(c3ccc(F)cc3)C2C1)N1CCOCC1. The maximum atomic E-state index is 13.7. The average molecular weight is 589 g/mol. The fourth-order valence-electron chi connectivity index (χ4n) is 5.96. The number of hydrogen-bond donors (Lipinski definition) is 0. The number of piperidine rings is 1. The number of amides is 2. The van der Waals surface area contributed by atoms with Crippen LogP contribution in [0.1, 0.15) is 41.0 Å². The molecule has 0 aromatic heterocycles. The maximum Gasteiger partial charge on any atom is 0.416 e. The van der Waals surface area contributed by atoms with Crippen molar-refractivity contribution < 1.29 is 49.8 Å². The van der Waals surface area contributed by atoms with Gasteiger partial charge in [-0.2, -0.15) is 26.3 Å². The van der Waals surface area contributed by atoms with Gasteiger partial charge in [0.15, 0.2) is 0 Å². The number of hydrogen-bond acceptors (Lipinski definition) is 4. The molecule has 0 saturated carbocycles. The van der Waals surface area contributed by atoms with Gasteiger partial charge in [-0.1, -0.05) is 12.1 Å². The number of rotatable bonds is 5. The van der Waals surface area contributed by atoms with Crippen molar-refractivity contribution in [3.05, 3.63) is 70.5 Å². The summed E-state index contributed by atoms with van der Waals surface area (Å²) in [7, 11) is 0. The molecule has 0 radical (unpaired) electrons. The van der Waals surface area contributed by atoms with Crippen LogP contribution in [0.2, 0.25) is 0 Å². The second kappa shape index (κ2) is 11.2. The number of halogens is 7. The van der Waals surface area contributed by atoms with Crippen LogP contribution in [0.3, 0.4) is 0 Å². The Morgan fingerprint density at radius 3 is 2.15 bits per heavy atom. The predicted molar refractivity (Wildman–Crippen MR) is 130 cm³/mol. The zero-order chi connectivity index (χ0) is 29.5. The third-order valence-corrected chi connectivity index (χ3v) is 7.90. The largest absolute Gasteiger partial charge is 0.416 e. The van der Waals surface area contributed by atoms with Gasteiger partial charge >= 0.3 is 12.4 Å². The topological polar surface area (TPSA) is 59.1 Å². The molecule has 41 heavy (non-hydrogen) atoms. The molecule has 13 heteroatoms. The molecule has 3 saturated heterocycles. The highest BCUT2D eigenvalue weighted by Crippen LogP contribution is 2.43. The molecule has 2 aromatic rings. The van der Waals surface area contributed by atoms with Crippen LogP contribution in [0.15, 0.2) is 42.5 Å². The Morgan fingerprint density at radius 2 is 1.56 bits per heavy atom. The fraction of sp³-hybridized carbons (Fsp3) is 0.500. The van der Waals surface area contributed by atoms with Gasteiger partial charge in [0.25, 0.3) is 0 Å². The van der Waals surface area contributed by atoms with Crippen LogP contribution in [-0.4, -0.2) is 66.6 Å². The first kappa shape index (κ1) is 29.3. The number of carbonyl (C=O) groups is 2. The normalized spacial score (nSPS) is 25.4. The van der Waals surface area contributed by atoms with Crippen molar-refractivity contribution >= 4 is 11.8 Å². The Balaban J connectivity index is 1.41. The van der Waals surface area contributed by atoms with Gasteiger partial charge in [-0.15, -0.1) is 0 Å². The summed E-state index contributed by atoms with van der Waals surface area (Å²) in [5.74, 6) is -2.18. The zero-order valence-electron chi connectivity index (χ0n) is 21.7. The summed E-state index contributed by atoms with van der Waals surface area (Å²) in [6, 6.07) is 6.17. The van der Waals surface area contributed by atoms with Crippen molar-refractivity contribution in [1.29, 1.82) is 0 Å². The van der Waals surface area contributed by atoms with Crippen molar-refractivity contribution in [3.63, 3.8) is 0 Å². The van der Waals surface area contributed by atoms with Crippen LogP contribution in [0.25, 0.3) is 0 Å². The number of ether oxygens (including phenoxy) is 2. The zero-order valence-corrected chi connectivity index (χ0v) is 21.7. The molecule has 222 valence electrons. The van der Waals surface area contributed by atoms with Gasteiger partial charge in [-0.25, -0.2) is 4.39 Å². The number of morpholine rings is 1. The van der Waals surface area contributed by atoms with Crippen molar-refractivity contribution in [1.82, 2.24) is 9.80 Å². The highest BCUT2D eigenvalue weighted by atomic mass is 19.4. The fourth-order valence-corrected chi connectivity index (χ4v) is 5.96. The van der Waals surface area contributed by atoms with E-state index in [4.69, 9.17) is 9.47 Å². The van der Waals surface area contributed by atoms with E-state index in [0.717, 1.165) is 0 Å². The van der Waals surface area contributed by atoms with Gasteiger partial charge in [0.05, 0.1) is 37.1 Å². The highest BCUT2D eigenvalue weighted by molar-refractivity contribution is 5.87. The number of alkyl halides is 6. The molecule has 5 rings (SSSR count). The van der Waals surface area contributed by atoms with Crippen molar-refractivity contribution in [2.45, 2.75) is 49.9 Å². The molecule has 3 aliphatic heterocycles. The number of carbonyl (C=O) groups excluding carboxylic acids is 2. The first-order chi connectivity index (χ1) is 19.3. The van der Waals surface area contributed by atoms with Crippen LogP contribution in [0, 0.1) is 11.7 Å². The van der Waals surface area contributed by atoms with E-state index in [0.29, 0.717) is 44.0 Å². The molecular weight excluding hydrogens is 561 g/mol. The summed E-state index contributed by atoms with van der Waals surface area (Å²) >= 11 is 0. The van der Waals surface area contributed by atoms with Gasteiger partial charge in [0.2, 0.25) is 11.8 Å². The summed E-state index contributed by atoms with van der Waals surface area (Å²) in [6.45, 7) is 1.03. The minimum atomic E-state index is -5.00. The molecule has 0 aliphatic carbocycles. The third kappa shape index (κ3) is 6.35. The smallest absolute Gasteiger partial charge is 0.378 e. The second-order valence-electron chi connectivity index (χ2n) is 10.5. The molecule has 3 aliphatic rings. The van der Waals surface area contributed by atoms with E-state index in [1.165, 1.54) is 24.3 Å². The van der Waals surface area contributed by atoms with Gasteiger partial charge in [-0.05, 0) is 47.9 Å². The lowest BCUT2D eigenvalue weighted by atomic mass is 9.81. The monoisotopic (exact) mass is 588 g/mol. The summed E-state index contributed by atoms with van der Waals surface area (Å²) < 4.78 is 105. The van der Waals surface area contributed by atoms with E-state index in [1.54, 1.807) is 9.80 Å². The Hall–Kier alpha value is -3.19. The Kier molecular flexibility index (Phi) is 8.03. The first-order valence-electron chi connectivity index (χ1n) is 13.1. The molecule has 0 N–H and O–H groups in total. The van der Waals surface area contributed by atoms with Crippen molar-refractivity contribution in [2.24, 2.45) is 5.92 Å². The minimum Gasteiger partial charge on any atom is -0.378 e. The molecule has 3 heterocycles. The average Bonchev–Trinajstić information content (AvgIpc) is 3.30. The molecule has 4 unspecified atom stereocenters. The summed E-state index contributed by atoms with van der Waals surface area (Å²) in [4.78, 5) is 29.6. The lowest BCUT2D eigenvalue weighted by Gasteiger charge is -2.38. The van der Waals surface area contributed by atoms with Gasteiger partial charge < -0.3 is 19.3 Å². The van der Waals surface area contributed by atoms with E-state index in [9.17, 15) is 40.3 Å². The van der Waals surface area contributed by atoms with E-state index in [-0.39, 0.29) is 42.8 Å². The Bertz CT molecular complexity index is 1240. The maximum absolute atomic E-state index is 13.7. The molecule has 3 fully saturated rings. The van der Waals surface area contributed by atoms with Gasteiger partial charge in [-0.3, -0.25) is 9.59 Å². The third-order valence-electron chi connectivity index (χ3n) is 7.90. The molecular formula is C28H27F7N2O4. The van der Waals surface area contributed by atoms with E-state index in [1.807, 2.05) is 0 Å². The Morgan fingerprint density at radius 1 is 0.951 bits per heavy atom. The molecule has 0 bridgehead atoms. The van der Waals surface area contributed by atoms with Crippen LogP contribution >= 0.6 is 0 Å². The lowest BCUT2D eigenvalue weighted by Crippen LogP contribution is -2.50. The van der Waals surface area contributed by atoms with Crippen LogP contribution in [0.5, 0.6) is 0 Å². The Labute approximate surface area is 231 Å². The van der Waals surface area contributed by atoms with Crippen LogP contribution < -0.4 is 0 Å². The number of fused-ring (bicyclic) bond motifs is 1. The number of benzene rings is 2. The van der Waals surface area contributed by atoms with Crippen molar-refractivity contribution in [3.8, 4) is 0 Å². The van der Waals surface area contributed by atoms with E-state index >= 15 is 0 Å².